The van der Waals surface area contributed by atoms with Crippen molar-refractivity contribution in [3.63, 3.8) is 0 Å². The van der Waals surface area contributed by atoms with Crippen LogP contribution < -0.4 is 29.1 Å². The Labute approximate surface area is 217 Å². The minimum absolute atomic E-state index is 0.146. The minimum atomic E-state index is -0.685. The van der Waals surface area contributed by atoms with Crippen LogP contribution in [0.3, 0.4) is 0 Å². The maximum atomic E-state index is 14.0. The molecule has 4 aromatic rings. The first-order chi connectivity index (χ1) is 17.9. The number of nitrogens with zero attached hydrogens (tertiary/aromatic N) is 2. The van der Waals surface area contributed by atoms with E-state index in [0.29, 0.717) is 37.9 Å². The van der Waals surface area contributed by atoms with E-state index in [9.17, 15) is 9.59 Å². The van der Waals surface area contributed by atoms with Crippen molar-refractivity contribution in [2.24, 2.45) is 4.99 Å². The van der Waals surface area contributed by atoms with Crippen molar-refractivity contribution in [1.82, 2.24) is 4.57 Å². The number of hydrogen-bond donors (Lipinski definition) is 0. The molecule has 0 saturated carbocycles. The number of carbonyl (C=O) groups is 1. The van der Waals surface area contributed by atoms with Crippen molar-refractivity contribution in [3.8, 4) is 17.2 Å². The quantitative estimate of drug-likeness (QED) is 0.389. The molecule has 0 bridgehead atoms. The van der Waals surface area contributed by atoms with E-state index in [0.717, 1.165) is 21.9 Å². The molecule has 0 aliphatic carbocycles. The zero-order chi connectivity index (χ0) is 26.3. The molecule has 1 atom stereocenters. The second-order valence-electron chi connectivity index (χ2n) is 8.65. The van der Waals surface area contributed by atoms with Gasteiger partial charge in [-0.1, -0.05) is 41.7 Å². The third-order valence-corrected chi connectivity index (χ3v) is 7.54. The molecule has 1 aliphatic rings. The topological polar surface area (TPSA) is 79.1 Å². The Balaban J connectivity index is 1.83. The molecular formula is C29H26N2O5S. The number of Topliss-reactive ketones (excluding diaryl/α,β-unsaturated/α-hetero) is 1. The number of ether oxygens (including phenoxy) is 3. The summed E-state index contributed by atoms with van der Waals surface area (Å²) < 4.78 is 18.7. The molecule has 0 spiro atoms. The highest BCUT2D eigenvalue weighted by molar-refractivity contribution is 7.07. The third-order valence-electron chi connectivity index (χ3n) is 6.55. The molecule has 0 amide bonds. The predicted octanol–water partition coefficient (Wildman–Crippen LogP) is 4.00. The van der Waals surface area contributed by atoms with E-state index in [-0.39, 0.29) is 11.3 Å². The summed E-state index contributed by atoms with van der Waals surface area (Å²) in [6, 6.07) is 16.5. The molecule has 188 valence electrons. The standard InChI is InChI=1S/C29H26N2O5S/c1-16-25(17(2)32)27(26-21-9-7-6-8-18(21)11-13-22(26)35-4)31-28(33)24(37-29(31)30-16)14-19-10-12-20(34-3)15-23(19)36-5/h6-15,27H,1-5H3/b24-14-. The second-order valence-corrected chi connectivity index (χ2v) is 9.66. The van der Waals surface area contributed by atoms with E-state index in [4.69, 9.17) is 14.2 Å². The molecule has 0 saturated heterocycles. The lowest BCUT2D eigenvalue weighted by Crippen LogP contribution is -2.39. The maximum Gasteiger partial charge on any atom is 0.271 e. The van der Waals surface area contributed by atoms with E-state index in [1.54, 1.807) is 38.0 Å². The fourth-order valence-electron chi connectivity index (χ4n) is 4.86. The highest BCUT2D eigenvalue weighted by Gasteiger charge is 2.33. The van der Waals surface area contributed by atoms with Crippen LogP contribution in [0.5, 0.6) is 17.2 Å². The van der Waals surface area contributed by atoms with Gasteiger partial charge >= 0.3 is 0 Å². The van der Waals surface area contributed by atoms with Gasteiger partial charge in [0.15, 0.2) is 10.6 Å². The molecule has 0 fully saturated rings. The molecule has 37 heavy (non-hydrogen) atoms. The maximum absolute atomic E-state index is 14.0. The van der Waals surface area contributed by atoms with Crippen LogP contribution in [0.2, 0.25) is 0 Å². The van der Waals surface area contributed by atoms with E-state index in [2.05, 4.69) is 4.99 Å². The Bertz CT molecular complexity index is 1760. The molecule has 1 unspecified atom stereocenters. The third kappa shape index (κ3) is 4.13. The van der Waals surface area contributed by atoms with Gasteiger partial charge in [0.05, 0.1) is 31.9 Å². The molecular weight excluding hydrogens is 488 g/mol. The molecule has 3 aromatic carbocycles. The van der Waals surface area contributed by atoms with Crippen LogP contribution in [0, 0.1) is 0 Å². The van der Waals surface area contributed by atoms with Crippen molar-refractivity contribution in [1.29, 1.82) is 0 Å². The van der Waals surface area contributed by atoms with E-state index >= 15 is 0 Å². The first-order valence-electron chi connectivity index (χ1n) is 11.7. The lowest BCUT2D eigenvalue weighted by Gasteiger charge is -2.27. The van der Waals surface area contributed by atoms with E-state index in [1.807, 2.05) is 55.5 Å². The Morgan fingerprint density at radius 1 is 1.00 bits per heavy atom. The second kappa shape index (κ2) is 9.71. The highest BCUT2D eigenvalue weighted by atomic mass is 32.1. The monoisotopic (exact) mass is 514 g/mol. The number of fused-ring (bicyclic) bond motifs is 2. The summed E-state index contributed by atoms with van der Waals surface area (Å²) in [4.78, 5) is 32.2. The van der Waals surface area contributed by atoms with Gasteiger partial charge in [0.25, 0.3) is 5.56 Å². The number of methoxy groups -OCH3 is 3. The van der Waals surface area contributed by atoms with Gasteiger partial charge in [-0.15, -0.1) is 0 Å². The summed E-state index contributed by atoms with van der Waals surface area (Å²) >= 11 is 1.28. The van der Waals surface area contributed by atoms with E-state index < -0.39 is 6.04 Å². The summed E-state index contributed by atoms with van der Waals surface area (Å²) in [5, 5.41) is 1.90. The summed E-state index contributed by atoms with van der Waals surface area (Å²) in [7, 11) is 4.75. The molecule has 5 rings (SSSR count). The Hall–Kier alpha value is -4.17. The average Bonchev–Trinajstić information content (AvgIpc) is 3.21. The van der Waals surface area contributed by atoms with Crippen LogP contribution in [0.4, 0.5) is 0 Å². The number of ketones is 1. The fourth-order valence-corrected chi connectivity index (χ4v) is 5.90. The van der Waals surface area contributed by atoms with Gasteiger partial charge < -0.3 is 14.2 Å². The molecule has 0 N–H and O–H groups in total. The fraction of sp³-hybridized carbons (Fsp3) is 0.207. The predicted molar refractivity (Wildman–Crippen MR) is 144 cm³/mol. The average molecular weight is 515 g/mol. The smallest absolute Gasteiger partial charge is 0.271 e. The lowest BCUT2D eigenvalue weighted by molar-refractivity contribution is -0.114. The van der Waals surface area contributed by atoms with Crippen LogP contribution in [0.15, 0.2) is 75.7 Å². The number of benzene rings is 3. The number of hydrogen-bond acceptors (Lipinski definition) is 7. The van der Waals surface area contributed by atoms with Crippen molar-refractivity contribution in [2.45, 2.75) is 19.9 Å². The number of allylic oxidation sites excluding steroid dienone is 2. The molecule has 2 heterocycles. The van der Waals surface area contributed by atoms with Gasteiger partial charge in [0.2, 0.25) is 0 Å². The minimum Gasteiger partial charge on any atom is -0.497 e. The number of aromatic nitrogens is 1. The molecule has 0 radical (unpaired) electrons. The number of carbonyl (C=O) groups excluding carboxylic acids is 1. The van der Waals surface area contributed by atoms with Gasteiger partial charge in [0.1, 0.15) is 17.2 Å². The van der Waals surface area contributed by atoms with Crippen LogP contribution in [0.25, 0.3) is 16.8 Å². The van der Waals surface area contributed by atoms with Gasteiger partial charge in [-0.05, 0) is 48.9 Å². The van der Waals surface area contributed by atoms with Crippen LogP contribution in [-0.2, 0) is 4.79 Å². The summed E-state index contributed by atoms with van der Waals surface area (Å²) in [6.45, 7) is 3.32. The van der Waals surface area contributed by atoms with Crippen molar-refractivity contribution in [2.75, 3.05) is 21.3 Å². The van der Waals surface area contributed by atoms with Crippen molar-refractivity contribution in [3.05, 3.63) is 96.7 Å². The van der Waals surface area contributed by atoms with Crippen LogP contribution in [-0.4, -0.2) is 31.7 Å². The largest absolute Gasteiger partial charge is 0.497 e. The molecule has 1 aromatic heterocycles. The first-order valence-corrected chi connectivity index (χ1v) is 12.5. The van der Waals surface area contributed by atoms with Crippen molar-refractivity contribution >= 4 is 34.0 Å². The van der Waals surface area contributed by atoms with Gasteiger partial charge in [-0.3, -0.25) is 14.2 Å². The first kappa shape index (κ1) is 24.5. The van der Waals surface area contributed by atoms with Gasteiger partial charge in [0, 0.05) is 28.5 Å². The zero-order valence-corrected chi connectivity index (χ0v) is 22.0. The van der Waals surface area contributed by atoms with Crippen LogP contribution >= 0.6 is 11.3 Å². The van der Waals surface area contributed by atoms with Gasteiger partial charge in [-0.2, -0.15) is 0 Å². The molecule has 7 nitrogen and oxygen atoms in total. The summed E-state index contributed by atoms with van der Waals surface area (Å²) in [5.41, 5.74) is 2.30. The lowest BCUT2D eigenvalue weighted by atomic mass is 9.89. The Kier molecular flexibility index (Phi) is 6.43. The molecule has 8 heteroatoms. The highest BCUT2D eigenvalue weighted by Crippen LogP contribution is 2.40. The Morgan fingerprint density at radius 3 is 2.46 bits per heavy atom. The number of rotatable bonds is 6. The number of thiazole rings is 1. The Morgan fingerprint density at radius 2 is 1.76 bits per heavy atom. The van der Waals surface area contributed by atoms with E-state index in [1.165, 1.54) is 18.3 Å². The van der Waals surface area contributed by atoms with Crippen LogP contribution in [0.1, 0.15) is 31.0 Å². The van der Waals surface area contributed by atoms with Gasteiger partial charge in [-0.25, -0.2) is 4.99 Å². The normalized spacial score (nSPS) is 15.4. The molecule has 1 aliphatic heterocycles. The summed E-state index contributed by atoms with van der Waals surface area (Å²) in [5.74, 6) is 1.69. The SMILES string of the molecule is COc1ccc(/C=c2\sc3n(c2=O)C(c2c(OC)ccc4ccccc24)C(C(C)=O)=C(C)N=3)c(OC)c1. The summed E-state index contributed by atoms with van der Waals surface area (Å²) in [6.07, 6.45) is 1.78. The zero-order valence-electron chi connectivity index (χ0n) is 21.2. The van der Waals surface area contributed by atoms with Crippen molar-refractivity contribution < 1.29 is 19.0 Å².